The van der Waals surface area contributed by atoms with Crippen molar-refractivity contribution in [3.8, 4) is 0 Å². The van der Waals surface area contributed by atoms with Crippen LogP contribution in [0, 0.1) is 5.13 Å². The summed E-state index contributed by atoms with van der Waals surface area (Å²) in [4.78, 5) is 11.7. The summed E-state index contributed by atoms with van der Waals surface area (Å²) in [7, 11) is 0. The summed E-state index contributed by atoms with van der Waals surface area (Å²) < 4.78 is 19.6. The number of halogens is 2. The molecule has 0 spiro atoms. The van der Waals surface area contributed by atoms with Crippen molar-refractivity contribution < 1.29 is 13.9 Å². The third-order valence-electron chi connectivity index (χ3n) is 2.93. The fraction of sp³-hybridized carbons (Fsp3) is 0.615. The van der Waals surface area contributed by atoms with Crippen LogP contribution in [0.15, 0.2) is 3.79 Å². The van der Waals surface area contributed by atoms with Crippen LogP contribution < -0.4 is 5.32 Å². The highest BCUT2D eigenvalue weighted by atomic mass is 79.9. The van der Waals surface area contributed by atoms with E-state index in [0.717, 1.165) is 32.7 Å². The minimum Gasteiger partial charge on any atom is -0.444 e. The monoisotopic (exact) mass is 349 g/mol. The average Bonchev–Trinajstić information content (AvgIpc) is 2.51. The number of alkyl carbamates (subject to hydrolysis) is 1. The largest absolute Gasteiger partial charge is 0.444 e. The normalized spacial score (nSPS) is 18.9. The number of carbonyl (C=O) groups is 1. The first kappa shape index (κ1) is 14.8. The van der Waals surface area contributed by atoms with E-state index >= 15 is 0 Å². The molecule has 1 aliphatic carbocycles. The molecule has 6 heteroatoms. The van der Waals surface area contributed by atoms with Crippen LogP contribution in [-0.4, -0.2) is 17.7 Å². The van der Waals surface area contributed by atoms with Gasteiger partial charge in [-0.15, -0.1) is 0 Å². The zero-order chi connectivity index (χ0) is 14.2. The van der Waals surface area contributed by atoms with Crippen molar-refractivity contribution in [2.75, 3.05) is 0 Å². The van der Waals surface area contributed by atoms with Crippen molar-refractivity contribution in [2.24, 2.45) is 0 Å². The molecule has 0 saturated heterocycles. The molecule has 0 bridgehead atoms. The Morgan fingerprint density at radius 2 is 2.16 bits per heavy atom. The van der Waals surface area contributed by atoms with Crippen LogP contribution in [0.2, 0.25) is 0 Å². The molecule has 1 atom stereocenters. The second-order valence-corrected chi connectivity index (χ2v) is 7.98. The van der Waals surface area contributed by atoms with Gasteiger partial charge in [-0.05, 0) is 61.5 Å². The topological polar surface area (TPSA) is 38.3 Å². The molecule has 1 heterocycles. The maximum Gasteiger partial charge on any atom is 0.407 e. The van der Waals surface area contributed by atoms with Gasteiger partial charge in [-0.3, -0.25) is 0 Å². The summed E-state index contributed by atoms with van der Waals surface area (Å²) >= 11 is 4.50. The fourth-order valence-corrected chi connectivity index (χ4v) is 3.82. The Bertz CT molecular complexity index is 496. The molecule has 1 unspecified atom stereocenters. The van der Waals surface area contributed by atoms with Gasteiger partial charge in [-0.25, -0.2) is 4.79 Å². The van der Waals surface area contributed by atoms with Crippen LogP contribution in [0.1, 0.15) is 38.3 Å². The van der Waals surface area contributed by atoms with Gasteiger partial charge in [0.1, 0.15) is 5.60 Å². The number of nitrogens with one attached hydrogen (secondary N) is 1. The van der Waals surface area contributed by atoms with E-state index in [1.165, 1.54) is 0 Å². The number of fused-ring (bicyclic) bond motifs is 1. The van der Waals surface area contributed by atoms with E-state index in [2.05, 4.69) is 21.2 Å². The second-order valence-electron chi connectivity index (χ2n) is 5.69. The van der Waals surface area contributed by atoms with Gasteiger partial charge >= 0.3 is 6.09 Å². The summed E-state index contributed by atoms with van der Waals surface area (Å²) in [5.74, 6) is 0. The quantitative estimate of drug-likeness (QED) is 0.830. The molecule has 2 rings (SSSR count). The van der Waals surface area contributed by atoms with Crippen LogP contribution in [0.4, 0.5) is 9.18 Å². The van der Waals surface area contributed by atoms with Gasteiger partial charge in [-0.2, -0.15) is 4.39 Å². The van der Waals surface area contributed by atoms with Crippen LogP contribution in [0.5, 0.6) is 0 Å². The summed E-state index contributed by atoms with van der Waals surface area (Å²) in [6.07, 6.45) is 1.64. The van der Waals surface area contributed by atoms with Gasteiger partial charge < -0.3 is 10.1 Å². The van der Waals surface area contributed by atoms with E-state index in [1.807, 2.05) is 20.8 Å². The molecule has 0 radical (unpaired) electrons. The minimum atomic E-state index is -0.501. The minimum absolute atomic E-state index is 0.00708. The molecule has 0 saturated carbocycles. The number of hydrogen-bond donors (Lipinski definition) is 1. The van der Waals surface area contributed by atoms with Crippen LogP contribution in [-0.2, 0) is 17.6 Å². The molecule has 0 aliphatic heterocycles. The van der Waals surface area contributed by atoms with Gasteiger partial charge in [0.05, 0.1) is 3.79 Å². The summed E-state index contributed by atoms with van der Waals surface area (Å²) in [6.45, 7) is 5.49. The zero-order valence-corrected chi connectivity index (χ0v) is 13.6. The predicted octanol–water partition coefficient (Wildman–Crippen LogP) is 4.03. The second kappa shape index (κ2) is 5.40. The van der Waals surface area contributed by atoms with E-state index in [1.54, 1.807) is 0 Å². The Labute approximate surface area is 124 Å². The van der Waals surface area contributed by atoms with Gasteiger partial charge in [0.15, 0.2) is 5.13 Å². The number of carbonyl (C=O) groups excluding carboxylic acids is 1. The Kier molecular flexibility index (Phi) is 4.20. The SMILES string of the molecule is CC(C)(C)OC(=O)NC1CCc2c(F)sc(Br)c2C1. The molecule has 19 heavy (non-hydrogen) atoms. The van der Waals surface area contributed by atoms with Crippen molar-refractivity contribution in [1.29, 1.82) is 0 Å². The van der Waals surface area contributed by atoms with Crippen molar-refractivity contribution in [3.05, 3.63) is 20.0 Å². The lowest BCUT2D eigenvalue weighted by Gasteiger charge is -2.26. The number of hydrogen-bond acceptors (Lipinski definition) is 3. The van der Waals surface area contributed by atoms with E-state index in [4.69, 9.17) is 4.74 Å². The highest BCUT2D eigenvalue weighted by molar-refractivity contribution is 9.11. The number of rotatable bonds is 1. The number of thiophene rings is 1. The molecule has 3 nitrogen and oxygen atoms in total. The highest BCUT2D eigenvalue weighted by Crippen LogP contribution is 2.36. The van der Waals surface area contributed by atoms with Crippen molar-refractivity contribution in [3.63, 3.8) is 0 Å². The molecular weight excluding hydrogens is 333 g/mol. The van der Waals surface area contributed by atoms with Crippen molar-refractivity contribution >= 4 is 33.4 Å². The molecule has 1 aromatic heterocycles. The number of ether oxygens (including phenoxy) is 1. The van der Waals surface area contributed by atoms with Crippen molar-refractivity contribution in [2.45, 2.75) is 51.7 Å². The van der Waals surface area contributed by atoms with Gasteiger partial charge in [-0.1, -0.05) is 11.3 Å². The molecule has 0 fully saturated rings. The Morgan fingerprint density at radius 1 is 1.47 bits per heavy atom. The maximum atomic E-state index is 13.6. The Morgan fingerprint density at radius 3 is 2.79 bits per heavy atom. The van der Waals surface area contributed by atoms with E-state index in [0.29, 0.717) is 12.8 Å². The molecule has 1 aromatic rings. The highest BCUT2D eigenvalue weighted by Gasteiger charge is 2.27. The third kappa shape index (κ3) is 3.69. The lowest BCUT2D eigenvalue weighted by atomic mass is 9.91. The zero-order valence-electron chi connectivity index (χ0n) is 11.2. The number of amides is 1. The summed E-state index contributed by atoms with van der Waals surface area (Å²) in [5.41, 5.74) is 1.27. The van der Waals surface area contributed by atoms with Gasteiger partial charge in [0.25, 0.3) is 0 Å². The first-order chi connectivity index (χ1) is 8.76. The van der Waals surface area contributed by atoms with Gasteiger partial charge in [0, 0.05) is 11.6 Å². The fourth-order valence-electron chi connectivity index (χ4n) is 2.16. The molecule has 106 valence electrons. The summed E-state index contributed by atoms with van der Waals surface area (Å²) in [6, 6.07) is 0.00708. The Hall–Kier alpha value is -0.620. The molecular formula is C13H17BrFNO2S. The predicted molar refractivity (Wildman–Crippen MR) is 77.2 cm³/mol. The van der Waals surface area contributed by atoms with Crippen LogP contribution in [0.3, 0.4) is 0 Å². The molecule has 1 N–H and O–H groups in total. The van der Waals surface area contributed by atoms with Crippen LogP contribution in [0.25, 0.3) is 0 Å². The van der Waals surface area contributed by atoms with Gasteiger partial charge in [0.2, 0.25) is 0 Å². The summed E-state index contributed by atoms with van der Waals surface area (Å²) in [5, 5.41) is 2.74. The maximum absolute atomic E-state index is 13.6. The smallest absolute Gasteiger partial charge is 0.407 e. The Balaban J connectivity index is 1.99. The van der Waals surface area contributed by atoms with Crippen LogP contribution >= 0.6 is 27.3 Å². The lowest BCUT2D eigenvalue weighted by Crippen LogP contribution is -2.41. The third-order valence-corrected chi connectivity index (χ3v) is 4.75. The first-order valence-corrected chi connectivity index (χ1v) is 7.82. The molecule has 1 aliphatic rings. The standard InChI is InChI=1S/C13H17BrFNO2S/c1-13(2,3)18-12(17)16-7-4-5-8-9(6-7)10(14)19-11(8)15/h7H,4-6H2,1-3H3,(H,16,17). The van der Waals surface area contributed by atoms with E-state index < -0.39 is 11.7 Å². The van der Waals surface area contributed by atoms with Crippen molar-refractivity contribution in [1.82, 2.24) is 5.32 Å². The molecule has 1 amide bonds. The van der Waals surface area contributed by atoms with E-state index in [9.17, 15) is 9.18 Å². The first-order valence-electron chi connectivity index (χ1n) is 6.21. The average molecular weight is 350 g/mol. The lowest BCUT2D eigenvalue weighted by molar-refractivity contribution is 0.0500. The van der Waals surface area contributed by atoms with E-state index in [-0.39, 0.29) is 11.2 Å². The molecule has 0 aromatic carbocycles.